The van der Waals surface area contributed by atoms with E-state index in [1.165, 1.54) is 12.2 Å². The van der Waals surface area contributed by atoms with E-state index in [0.717, 1.165) is 33.7 Å². The molecule has 1 aromatic heterocycles. The third-order valence-electron chi connectivity index (χ3n) is 7.92. The van der Waals surface area contributed by atoms with Crippen LogP contribution in [0.2, 0.25) is 5.02 Å². The molecule has 2 aromatic carbocycles. The van der Waals surface area contributed by atoms with Crippen molar-refractivity contribution in [2.45, 2.75) is 32.5 Å². The molecule has 11 heteroatoms. The van der Waals surface area contributed by atoms with Crippen LogP contribution < -0.4 is 21.9 Å². The van der Waals surface area contributed by atoms with Crippen molar-refractivity contribution in [3.05, 3.63) is 123 Å². The summed E-state index contributed by atoms with van der Waals surface area (Å²) in [5.41, 5.74) is 11.1. The Morgan fingerprint density at radius 3 is 2.23 bits per heavy atom. The molecule has 0 fully saturated rings. The lowest BCUT2D eigenvalue weighted by Gasteiger charge is -2.14. The zero-order valence-electron chi connectivity index (χ0n) is 26.7. The van der Waals surface area contributed by atoms with Gasteiger partial charge >= 0.3 is 6.18 Å². The van der Waals surface area contributed by atoms with Gasteiger partial charge in [0.25, 0.3) is 5.91 Å². The predicted octanol–water partition coefficient (Wildman–Crippen LogP) is 5.63. The molecule has 0 unspecified atom stereocenters. The fraction of sp³-hybridized carbons (Fsp3) is 0.297. The summed E-state index contributed by atoms with van der Waals surface area (Å²) in [4.78, 5) is 17.9. The van der Waals surface area contributed by atoms with Crippen molar-refractivity contribution in [1.29, 1.82) is 0 Å². The SMILES string of the molecule is CC1=CCC(=c2c(-c3ccc(Cl)cc3)nc(=C3C=CC(C(F)(F)F)=CC3)n2Cc2ccc(C(=O)NCCOCCOCCN)cc2)C=C1. The zero-order chi connectivity index (χ0) is 34.1. The van der Waals surface area contributed by atoms with Crippen LogP contribution in [-0.4, -0.2) is 61.2 Å². The number of nitrogens with two attached hydrogens (primary N) is 1. The molecule has 0 saturated carbocycles. The number of carbonyl (C=O) groups is 1. The summed E-state index contributed by atoms with van der Waals surface area (Å²) in [5, 5.41) is 4.31. The first kappa shape index (κ1) is 35.1. The number of imidazole rings is 1. The van der Waals surface area contributed by atoms with Crippen LogP contribution in [0.4, 0.5) is 13.2 Å². The van der Waals surface area contributed by atoms with Gasteiger partial charge in [-0.1, -0.05) is 71.8 Å². The molecule has 0 atom stereocenters. The third kappa shape index (κ3) is 9.02. The Morgan fingerprint density at radius 1 is 0.917 bits per heavy atom. The molecule has 2 aliphatic rings. The van der Waals surface area contributed by atoms with Crippen molar-refractivity contribution in [2.75, 3.05) is 39.5 Å². The first-order chi connectivity index (χ1) is 23.1. The zero-order valence-corrected chi connectivity index (χ0v) is 27.4. The van der Waals surface area contributed by atoms with E-state index in [2.05, 4.69) is 22.0 Å². The van der Waals surface area contributed by atoms with Crippen molar-refractivity contribution in [2.24, 2.45) is 5.73 Å². The van der Waals surface area contributed by atoms with Crippen LogP contribution in [-0.2, 0) is 16.0 Å². The molecule has 0 spiro atoms. The smallest absolute Gasteiger partial charge is 0.378 e. The molecule has 0 bridgehead atoms. The van der Waals surface area contributed by atoms with Crippen molar-refractivity contribution < 1.29 is 27.4 Å². The number of halogens is 4. The number of carbonyl (C=O) groups excluding carboxylic acids is 1. The van der Waals surface area contributed by atoms with Crippen LogP contribution >= 0.6 is 11.6 Å². The van der Waals surface area contributed by atoms with Crippen LogP contribution in [0, 0.1) is 0 Å². The number of nitrogens with one attached hydrogen (secondary N) is 1. The molecule has 0 radical (unpaired) electrons. The van der Waals surface area contributed by atoms with E-state index >= 15 is 0 Å². The third-order valence-corrected chi connectivity index (χ3v) is 8.18. The maximum absolute atomic E-state index is 13.5. The van der Waals surface area contributed by atoms with Crippen molar-refractivity contribution in [3.8, 4) is 11.3 Å². The molecule has 48 heavy (non-hydrogen) atoms. The fourth-order valence-corrected chi connectivity index (χ4v) is 5.54. The highest BCUT2D eigenvalue weighted by Gasteiger charge is 2.32. The number of hydrogen-bond donors (Lipinski definition) is 2. The van der Waals surface area contributed by atoms with Crippen molar-refractivity contribution in [3.63, 3.8) is 0 Å². The number of nitrogens with zero attached hydrogens (tertiary/aromatic N) is 2. The van der Waals surface area contributed by atoms with E-state index < -0.39 is 11.7 Å². The highest BCUT2D eigenvalue weighted by Crippen LogP contribution is 2.31. The largest absolute Gasteiger partial charge is 0.416 e. The Hall–Kier alpha value is -4.22. The molecule has 7 nitrogen and oxygen atoms in total. The number of ether oxygens (including phenoxy) is 2. The molecule has 0 aliphatic heterocycles. The summed E-state index contributed by atoms with van der Waals surface area (Å²) in [7, 11) is 0. The normalized spacial score (nSPS) is 17.0. The lowest BCUT2D eigenvalue weighted by atomic mass is 10.0. The van der Waals surface area contributed by atoms with Gasteiger partial charge < -0.3 is 25.1 Å². The average molecular weight is 679 g/mol. The standard InChI is InChI=1S/C37H38ClF3N4O3/c1-25-2-6-28(7-3-25)34-33(27-12-16-32(38)17-13-27)44-35(29-10-14-31(15-11-29)37(39,40)41)45(34)24-26-4-8-30(9-5-26)36(46)43-19-21-48-23-22-47-20-18-42/h2-6,8-10,12-17H,7,11,18-24,42H2,1H3,(H,43,46). The summed E-state index contributed by atoms with van der Waals surface area (Å²) in [6, 6.07) is 14.7. The van der Waals surface area contributed by atoms with Crippen LogP contribution in [0.3, 0.4) is 0 Å². The van der Waals surface area contributed by atoms with E-state index in [0.29, 0.717) is 79.8 Å². The summed E-state index contributed by atoms with van der Waals surface area (Å²) < 4.78 is 53.2. The first-order valence-electron chi connectivity index (χ1n) is 15.8. The Labute approximate surface area is 282 Å². The lowest BCUT2D eigenvalue weighted by Crippen LogP contribution is -2.32. The average Bonchev–Trinajstić information content (AvgIpc) is 3.45. The minimum Gasteiger partial charge on any atom is -0.378 e. The van der Waals surface area contributed by atoms with Gasteiger partial charge in [0.05, 0.1) is 43.0 Å². The Bertz CT molecular complexity index is 1850. The second-order valence-electron chi connectivity index (χ2n) is 11.4. The van der Waals surface area contributed by atoms with Gasteiger partial charge in [-0.3, -0.25) is 4.79 Å². The Morgan fingerprint density at radius 2 is 1.60 bits per heavy atom. The lowest BCUT2D eigenvalue weighted by molar-refractivity contribution is -0.0884. The van der Waals surface area contributed by atoms with E-state index in [4.69, 9.17) is 31.8 Å². The summed E-state index contributed by atoms with van der Waals surface area (Å²) >= 11 is 6.21. The molecular formula is C37H38ClF3N4O3. The van der Waals surface area contributed by atoms with Gasteiger partial charge in [-0.2, -0.15) is 13.2 Å². The Kier molecular flexibility index (Phi) is 11.9. The molecule has 252 valence electrons. The fourth-order valence-electron chi connectivity index (χ4n) is 5.41. The van der Waals surface area contributed by atoms with E-state index in [9.17, 15) is 18.0 Å². The number of alkyl halides is 3. The topological polar surface area (TPSA) is 91.4 Å². The maximum Gasteiger partial charge on any atom is 0.416 e. The first-order valence-corrected chi connectivity index (χ1v) is 16.1. The quantitative estimate of drug-likeness (QED) is 0.243. The molecular weight excluding hydrogens is 641 g/mol. The van der Waals surface area contributed by atoms with Gasteiger partial charge in [-0.05, 0) is 66.8 Å². The summed E-state index contributed by atoms with van der Waals surface area (Å²) in [5.74, 6) is -0.223. The molecule has 3 N–H and O–H groups in total. The van der Waals surface area contributed by atoms with Crippen molar-refractivity contribution >= 4 is 28.7 Å². The molecule has 0 saturated heterocycles. The van der Waals surface area contributed by atoms with Crippen LogP contribution in [0.5, 0.6) is 0 Å². The minimum absolute atomic E-state index is 0.0790. The number of rotatable bonds is 12. The number of aromatic nitrogens is 2. The van der Waals surface area contributed by atoms with Crippen LogP contribution in [0.25, 0.3) is 22.4 Å². The van der Waals surface area contributed by atoms with E-state index in [1.807, 2.05) is 37.3 Å². The molecule has 1 amide bonds. The highest BCUT2D eigenvalue weighted by molar-refractivity contribution is 6.30. The monoisotopic (exact) mass is 678 g/mol. The van der Waals surface area contributed by atoms with E-state index in [1.54, 1.807) is 24.3 Å². The van der Waals surface area contributed by atoms with Gasteiger partial charge in [0, 0.05) is 35.8 Å². The predicted molar refractivity (Wildman–Crippen MR) is 183 cm³/mol. The summed E-state index contributed by atoms with van der Waals surface area (Å²) in [6.45, 7) is 4.92. The van der Waals surface area contributed by atoms with Gasteiger partial charge in [0.2, 0.25) is 0 Å². The van der Waals surface area contributed by atoms with Gasteiger partial charge in [0.15, 0.2) is 0 Å². The second kappa shape index (κ2) is 16.3. The Balaban J connectivity index is 1.48. The number of amides is 1. The van der Waals surface area contributed by atoms with E-state index in [-0.39, 0.29) is 12.3 Å². The second-order valence-corrected chi connectivity index (χ2v) is 11.9. The number of hydrogen-bond acceptors (Lipinski definition) is 5. The van der Waals surface area contributed by atoms with Crippen molar-refractivity contribution in [1.82, 2.24) is 14.9 Å². The van der Waals surface area contributed by atoms with Crippen LogP contribution in [0.1, 0.15) is 35.7 Å². The van der Waals surface area contributed by atoms with Crippen LogP contribution in [0.15, 0.2) is 96.1 Å². The maximum atomic E-state index is 13.5. The van der Waals surface area contributed by atoms with Gasteiger partial charge in [-0.15, -0.1) is 0 Å². The minimum atomic E-state index is -4.43. The number of allylic oxidation sites excluding steroid dienone is 8. The highest BCUT2D eigenvalue weighted by atomic mass is 35.5. The summed E-state index contributed by atoms with van der Waals surface area (Å²) in [6.07, 6.45) is 6.38. The number of benzene rings is 2. The molecule has 2 aliphatic carbocycles. The molecule has 3 aromatic rings. The van der Waals surface area contributed by atoms with Gasteiger partial charge in [-0.25, -0.2) is 4.98 Å². The van der Waals surface area contributed by atoms with Gasteiger partial charge in [0.1, 0.15) is 5.48 Å². The molecule has 1 heterocycles. The molecule has 5 rings (SSSR count).